The van der Waals surface area contributed by atoms with E-state index < -0.39 is 0 Å². The maximum Gasteiger partial charge on any atom is 0.305 e. The third-order valence-electron chi connectivity index (χ3n) is 11.1. The Kier molecular flexibility index (Phi) is 7.30. The molecule has 4 saturated carbocycles. The Balaban J connectivity index is 1.48. The minimum absolute atomic E-state index is 0.0847. The molecule has 5 unspecified atom stereocenters. The van der Waals surface area contributed by atoms with Gasteiger partial charge in [-0.05, 0) is 104 Å². The lowest BCUT2D eigenvalue weighted by molar-refractivity contribution is -0.167. The largest absolute Gasteiger partial charge is 0.469 e. The number of ether oxygens (including phenoxy) is 1. The highest BCUT2D eigenvalue weighted by atomic mass is 16.5. The average Bonchev–Trinajstić information content (AvgIpc) is 3.13. The Hall–Kier alpha value is -0.650. The molecule has 0 saturated heterocycles. The maximum absolute atomic E-state index is 11.7. The van der Waals surface area contributed by atoms with Crippen molar-refractivity contribution in [2.45, 2.75) is 97.1 Å². The van der Waals surface area contributed by atoms with E-state index in [4.69, 9.17) is 10.5 Å². The average molecular weight is 449 g/mol. The summed E-state index contributed by atoms with van der Waals surface area (Å²) in [6.07, 6.45) is 11.1. The van der Waals surface area contributed by atoms with Gasteiger partial charge in [0, 0.05) is 25.6 Å². The fourth-order valence-corrected chi connectivity index (χ4v) is 9.32. The molecule has 5 heteroatoms. The molecule has 5 nitrogen and oxygen atoms in total. The lowest BCUT2D eigenvalue weighted by Gasteiger charge is -2.62. The van der Waals surface area contributed by atoms with Crippen molar-refractivity contribution in [1.29, 1.82) is 0 Å². The number of aliphatic hydroxyl groups excluding tert-OH is 1. The second kappa shape index (κ2) is 9.54. The monoisotopic (exact) mass is 448 g/mol. The predicted molar refractivity (Wildman–Crippen MR) is 128 cm³/mol. The van der Waals surface area contributed by atoms with Crippen LogP contribution in [0.2, 0.25) is 0 Å². The molecule has 0 aromatic rings. The molecular formula is C27H48N2O3. The fraction of sp³-hybridized carbons (Fsp3) is 0.963. The van der Waals surface area contributed by atoms with Crippen LogP contribution < -0.4 is 11.1 Å². The van der Waals surface area contributed by atoms with Gasteiger partial charge in [-0.1, -0.05) is 20.8 Å². The lowest BCUT2D eigenvalue weighted by atomic mass is 9.43. The first-order valence-electron chi connectivity index (χ1n) is 13.4. The molecule has 4 aliphatic rings. The molecule has 0 aromatic heterocycles. The van der Waals surface area contributed by atoms with E-state index in [1.807, 2.05) is 0 Å². The Morgan fingerprint density at radius 2 is 1.84 bits per heavy atom. The summed E-state index contributed by atoms with van der Waals surface area (Å²) >= 11 is 0. The zero-order chi connectivity index (χ0) is 23.1. The first-order chi connectivity index (χ1) is 15.2. The van der Waals surface area contributed by atoms with Crippen molar-refractivity contribution >= 4 is 5.97 Å². The molecule has 184 valence electrons. The van der Waals surface area contributed by atoms with Crippen molar-refractivity contribution in [2.75, 3.05) is 20.2 Å². The van der Waals surface area contributed by atoms with Gasteiger partial charge in [0.2, 0.25) is 0 Å². The number of carbonyl (C=O) groups excluding carboxylic acids is 1. The van der Waals surface area contributed by atoms with Gasteiger partial charge in [-0.3, -0.25) is 4.79 Å². The highest BCUT2D eigenvalue weighted by molar-refractivity contribution is 5.69. The van der Waals surface area contributed by atoms with Crippen molar-refractivity contribution in [3.63, 3.8) is 0 Å². The number of fused-ring (bicyclic) bond motifs is 5. The van der Waals surface area contributed by atoms with Gasteiger partial charge in [0.1, 0.15) is 0 Å². The van der Waals surface area contributed by atoms with Gasteiger partial charge in [-0.15, -0.1) is 0 Å². The molecule has 4 rings (SSSR count). The van der Waals surface area contributed by atoms with Crippen molar-refractivity contribution in [2.24, 2.45) is 52.1 Å². The van der Waals surface area contributed by atoms with Crippen LogP contribution in [0.3, 0.4) is 0 Å². The van der Waals surface area contributed by atoms with E-state index in [0.29, 0.717) is 65.3 Å². The molecular weight excluding hydrogens is 400 g/mol. The van der Waals surface area contributed by atoms with E-state index in [-0.39, 0.29) is 12.1 Å². The van der Waals surface area contributed by atoms with Crippen molar-refractivity contribution < 1.29 is 14.6 Å². The smallest absolute Gasteiger partial charge is 0.305 e. The fourth-order valence-electron chi connectivity index (χ4n) is 9.32. The Morgan fingerprint density at radius 1 is 1.12 bits per heavy atom. The maximum atomic E-state index is 11.7. The number of rotatable bonds is 7. The second-order valence-electron chi connectivity index (χ2n) is 12.3. The topological polar surface area (TPSA) is 84.6 Å². The summed E-state index contributed by atoms with van der Waals surface area (Å²) in [5.41, 5.74) is 6.40. The summed E-state index contributed by atoms with van der Waals surface area (Å²) in [6, 6.07) is 0.570. The van der Waals surface area contributed by atoms with E-state index in [1.165, 1.54) is 52.1 Å². The summed E-state index contributed by atoms with van der Waals surface area (Å²) in [5.74, 6) is 3.49. The molecule has 0 bridgehead atoms. The van der Waals surface area contributed by atoms with E-state index in [9.17, 15) is 9.90 Å². The third kappa shape index (κ3) is 4.15. The van der Waals surface area contributed by atoms with Crippen LogP contribution in [0.25, 0.3) is 0 Å². The summed E-state index contributed by atoms with van der Waals surface area (Å²) in [7, 11) is 1.49. The van der Waals surface area contributed by atoms with Gasteiger partial charge in [-0.2, -0.15) is 0 Å². The van der Waals surface area contributed by atoms with E-state index in [1.54, 1.807) is 0 Å². The van der Waals surface area contributed by atoms with Gasteiger partial charge in [-0.25, -0.2) is 0 Å². The molecule has 0 radical (unpaired) electrons. The number of methoxy groups -OCH3 is 1. The quantitative estimate of drug-likeness (QED) is 0.510. The Morgan fingerprint density at radius 3 is 2.56 bits per heavy atom. The van der Waals surface area contributed by atoms with Gasteiger partial charge in [0.15, 0.2) is 0 Å². The second-order valence-corrected chi connectivity index (χ2v) is 12.3. The van der Waals surface area contributed by atoms with Crippen LogP contribution in [0.1, 0.15) is 85.0 Å². The third-order valence-corrected chi connectivity index (χ3v) is 11.1. The minimum Gasteiger partial charge on any atom is -0.469 e. The van der Waals surface area contributed by atoms with Crippen LogP contribution in [-0.4, -0.2) is 43.4 Å². The highest BCUT2D eigenvalue weighted by Crippen LogP contribution is 2.68. The van der Waals surface area contributed by atoms with Crippen LogP contribution in [-0.2, 0) is 9.53 Å². The van der Waals surface area contributed by atoms with Crippen molar-refractivity contribution in [1.82, 2.24) is 5.32 Å². The summed E-state index contributed by atoms with van der Waals surface area (Å²) in [6.45, 7) is 9.03. The van der Waals surface area contributed by atoms with E-state index >= 15 is 0 Å². The van der Waals surface area contributed by atoms with Crippen LogP contribution in [0, 0.1) is 46.3 Å². The molecule has 0 spiro atoms. The molecule has 10 atom stereocenters. The summed E-state index contributed by atoms with van der Waals surface area (Å²) in [5, 5.41) is 15.2. The number of aliphatic hydroxyl groups is 1. The summed E-state index contributed by atoms with van der Waals surface area (Å²) in [4.78, 5) is 11.7. The normalized spacial score (nSPS) is 46.6. The van der Waals surface area contributed by atoms with Crippen LogP contribution in [0.15, 0.2) is 0 Å². The first-order valence-corrected chi connectivity index (χ1v) is 13.4. The molecule has 4 N–H and O–H groups in total. The van der Waals surface area contributed by atoms with Gasteiger partial charge < -0.3 is 20.9 Å². The van der Waals surface area contributed by atoms with Crippen LogP contribution in [0.5, 0.6) is 0 Å². The number of hydrogen-bond donors (Lipinski definition) is 3. The zero-order valence-corrected chi connectivity index (χ0v) is 20.9. The Bertz CT molecular complexity index is 671. The highest BCUT2D eigenvalue weighted by Gasteiger charge is 2.62. The summed E-state index contributed by atoms with van der Waals surface area (Å²) < 4.78 is 4.89. The van der Waals surface area contributed by atoms with E-state index in [2.05, 4.69) is 26.1 Å². The molecule has 4 aliphatic carbocycles. The van der Waals surface area contributed by atoms with Gasteiger partial charge in [0.05, 0.1) is 13.2 Å². The van der Waals surface area contributed by atoms with Gasteiger partial charge in [0.25, 0.3) is 0 Å². The number of hydrogen-bond acceptors (Lipinski definition) is 5. The van der Waals surface area contributed by atoms with Crippen molar-refractivity contribution in [3.8, 4) is 0 Å². The molecule has 32 heavy (non-hydrogen) atoms. The van der Waals surface area contributed by atoms with E-state index in [0.717, 1.165) is 19.4 Å². The molecule has 0 aromatic carbocycles. The number of carbonyl (C=O) groups is 1. The Labute approximate surface area is 195 Å². The van der Waals surface area contributed by atoms with Gasteiger partial charge >= 0.3 is 5.97 Å². The van der Waals surface area contributed by atoms with Crippen LogP contribution in [0.4, 0.5) is 0 Å². The predicted octanol–water partition coefficient (Wildman–Crippen LogP) is 4.12. The number of nitrogens with one attached hydrogen (secondary N) is 1. The van der Waals surface area contributed by atoms with Crippen LogP contribution >= 0.6 is 0 Å². The number of nitrogens with two attached hydrogens (primary N) is 1. The molecule has 0 heterocycles. The standard InChI is InChI=1S/C27H48N2O3/c1-17(5-8-24(31)32-4)20-6-7-21-25-22(10-12-27(20,21)3)26(2)11-9-19(29-14-13-28)15-18(26)16-23(25)30/h17-23,25,29-30H,5-16,28H2,1-4H3/t17?,18-,19+,20+,21?,22?,23?,25?,26-,27+/m0/s1. The molecule has 0 aliphatic heterocycles. The number of esters is 1. The van der Waals surface area contributed by atoms with Crippen molar-refractivity contribution in [3.05, 3.63) is 0 Å². The minimum atomic E-state index is -0.153. The lowest BCUT2D eigenvalue weighted by Crippen LogP contribution is -2.59. The molecule has 0 amide bonds. The molecule has 4 fully saturated rings. The first kappa shape index (κ1) is 24.5. The SMILES string of the molecule is COC(=O)CCC(C)[C@H]1CCC2C3C(O)C[C@@H]4C[C@H](NCCN)CC[C@]4(C)C3CC[C@@]21C. The zero-order valence-electron chi connectivity index (χ0n) is 20.9.